The largest absolute Gasteiger partial charge is 0.440 e. The van der Waals surface area contributed by atoms with Crippen LogP contribution in [0.2, 0.25) is 0 Å². The van der Waals surface area contributed by atoms with Crippen LogP contribution in [0.4, 0.5) is 0 Å². The van der Waals surface area contributed by atoms with Crippen molar-refractivity contribution in [2.24, 2.45) is 0 Å². The van der Waals surface area contributed by atoms with Crippen LogP contribution < -0.4 is 5.32 Å². The van der Waals surface area contributed by atoms with Crippen LogP contribution in [0, 0.1) is 0 Å². The summed E-state index contributed by atoms with van der Waals surface area (Å²) in [6.45, 7) is 5.90. The van der Waals surface area contributed by atoms with Gasteiger partial charge < -0.3 is 14.3 Å². The van der Waals surface area contributed by atoms with Crippen molar-refractivity contribution in [1.29, 1.82) is 0 Å². The number of nitrogens with zero attached hydrogens (tertiary/aromatic N) is 2. The summed E-state index contributed by atoms with van der Waals surface area (Å²) >= 11 is 0. The second-order valence-electron chi connectivity index (χ2n) is 6.15. The summed E-state index contributed by atoms with van der Waals surface area (Å²) in [7, 11) is -3.74. The lowest BCUT2D eigenvalue weighted by atomic mass is 9.90. The monoisotopic (exact) mass is 365 g/mol. The van der Waals surface area contributed by atoms with Gasteiger partial charge in [-0.15, -0.1) is 0 Å². The molecule has 3 rings (SSSR count). The third-order valence-electron chi connectivity index (χ3n) is 4.29. The Labute approximate surface area is 145 Å². The van der Waals surface area contributed by atoms with E-state index in [0.717, 1.165) is 0 Å². The zero-order valence-electron chi connectivity index (χ0n) is 13.8. The Morgan fingerprint density at radius 1 is 1.32 bits per heavy atom. The average Bonchev–Trinajstić information content (AvgIpc) is 3.26. The molecule has 1 N–H and O–H groups in total. The van der Waals surface area contributed by atoms with Gasteiger partial charge in [0, 0.05) is 24.7 Å². The highest BCUT2D eigenvalue weighted by Gasteiger charge is 2.37. The van der Waals surface area contributed by atoms with E-state index in [0.29, 0.717) is 24.4 Å². The molecule has 1 aliphatic heterocycles. The number of amides is 1. The topological polar surface area (TPSA) is 106 Å². The summed E-state index contributed by atoms with van der Waals surface area (Å²) in [6.07, 6.45) is 3.67. The fraction of sp³-hybridized carbons (Fsp3) is 0.375. The molecule has 0 aromatic carbocycles. The van der Waals surface area contributed by atoms with Gasteiger partial charge in [-0.2, -0.15) is 4.31 Å². The first kappa shape index (κ1) is 17.4. The van der Waals surface area contributed by atoms with Gasteiger partial charge in [0.25, 0.3) is 10.0 Å². The molecule has 1 saturated heterocycles. The van der Waals surface area contributed by atoms with E-state index < -0.39 is 15.6 Å². The van der Waals surface area contributed by atoms with Gasteiger partial charge in [-0.3, -0.25) is 4.79 Å². The van der Waals surface area contributed by atoms with Gasteiger partial charge >= 0.3 is 0 Å². The van der Waals surface area contributed by atoms with Crippen LogP contribution in [-0.4, -0.2) is 42.4 Å². The summed E-state index contributed by atoms with van der Waals surface area (Å²) in [5.41, 5.74) is -0.453. The fourth-order valence-electron chi connectivity index (χ4n) is 2.75. The van der Waals surface area contributed by atoms with E-state index >= 15 is 0 Å². The lowest BCUT2D eigenvalue weighted by Gasteiger charge is -2.38. The molecule has 25 heavy (non-hydrogen) atoms. The van der Waals surface area contributed by atoms with Crippen molar-refractivity contribution >= 4 is 15.9 Å². The second-order valence-corrected chi connectivity index (χ2v) is 8.02. The van der Waals surface area contributed by atoms with Gasteiger partial charge in [0.05, 0.1) is 6.20 Å². The van der Waals surface area contributed by atoms with Crippen molar-refractivity contribution in [1.82, 2.24) is 14.8 Å². The summed E-state index contributed by atoms with van der Waals surface area (Å²) in [4.78, 5) is 11.5. The molecule has 0 unspecified atom stereocenters. The molecule has 0 bridgehead atoms. The highest BCUT2D eigenvalue weighted by molar-refractivity contribution is 7.89. The smallest absolute Gasteiger partial charge is 0.276 e. The quantitative estimate of drug-likeness (QED) is 0.810. The summed E-state index contributed by atoms with van der Waals surface area (Å²) in [5.74, 6) is 0.400. The maximum absolute atomic E-state index is 12.7. The minimum Gasteiger partial charge on any atom is -0.440 e. The number of piperidine rings is 1. The van der Waals surface area contributed by atoms with E-state index in [9.17, 15) is 13.2 Å². The van der Waals surface area contributed by atoms with Gasteiger partial charge in [-0.25, -0.2) is 8.42 Å². The van der Waals surface area contributed by atoms with E-state index in [1.807, 2.05) is 6.92 Å². The molecule has 9 heteroatoms. The van der Waals surface area contributed by atoms with Gasteiger partial charge in [-0.1, -0.05) is 11.7 Å². The van der Waals surface area contributed by atoms with Crippen molar-refractivity contribution in [2.45, 2.75) is 30.4 Å². The standard InChI is InChI=1S/C16H19N3O5S/c1-3-14(20)18-16(2)7-10-19(11-8-16)25(21,22)15-5-4-12(23-15)13-6-9-17-24-13/h3-6,9H,1,7-8,10-11H2,2H3,(H,18,20). The normalized spacial score (nSPS) is 18.0. The molecule has 1 amide bonds. The second kappa shape index (κ2) is 6.49. The molecule has 0 spiro atoms. The van der Waals surface area contributed by atoms with Crippen molar-refractivity contribution in [2.75, 3.05) is 13.1 Å². The highest BCUT2D eigenvalue weighted by atomic mass is 32.2. The summed E-state index contributed by atoms with van der Waals surface area (Å²) < 4.78 is 37.2. The number of furan rings is 1. The zero-order chi connectivity index (χ0) is 18.1. The minimum absolute atomic E-state index is 0.141. The number of hydrogen-bond acceptors (Lipinski definition) is 6. The number of carbonyl (C=O) groups excluding carboxylic acids is 1. The van der Waals surface area contributed by atoms with E-state index in [1.165, 1.54) is 28.7 Å². The van der Waals surface area contributed by atoms with Gasteiger partial charge in [0.2, 0.25) is 16.8 Å². The van der Waals surface area contributed by atoms with Crippen molar-refractivity contribution in [3.05, 3.63) is 37.1 Å². The number of hydrogen-bond donors (Lipinski definition) is 1. The Kier molecular flexibility index (Phi) is 4.53. The molecule has 0 radical (unpaired) electrons. The SMILES string of the molecule is C=CC(=O)NC1(C)CCN(S(=O)(=O)c2ccc(-c3ccno3)o2)CC1. The van der Waals surface area contributed by atoms with E-state index in [1.54, 1.807) is 6.07 Å². The number of nitrogens with one attached hydrogen (secondary N) is 1. The highest BCUT2D eigenvalue weighted by Crippen LogP contribution is 2.29. The first-order valence-electron chi connectivity index (χ1n) is 7.80. The lowest BCUT2D eigenvalue weighted by molar-refractivity contribution is -0.118. The summed E-state index contributed by atoms with van der Waals surface area (Å²) in [5, 5.41) is 6.29. The molecular weight excluding hydrogens is 346 g/mol. The number of rotatable bonds is 5. The van der Waals surface area contributed by atoms with E-state index in [4.69, 9.17) is 8.94 Å². The van der Waals surface area contributed by atoms with Gasteiger partial charge in [0.1, 0.15) is 0 Å². The molecule has 2 aromatic heterocycles. The molecule has 1 fully saturated rings. The van der Waals surface area contributed by atoms with Gasteiger partial charge in [0.15, 0.2) is 5.76 Å². The van der Waals surface area contributed by atoms with Crippen molar-refractivity contribution in [3.8, 4) is 11.5 Å². The molecule has 1 aliphatic rings. The van der Waals surface area contributed by atoms with Crippen LogP contribution in [0.5, 0.6) is 0 Å². The Balaban J connectivity index is 1.72. The Morgan fingerprint density at radius 2 is 2.04 bits per heavy atom. The van der Waals surface area contributed by atoms with Crippen LogP contribution in [0.25, 0.3) is 11.5 Å². The maximum Gasteiger partial charge on any atom is 0.276 e. The molecule has 0 saturated carbocycles. The van der Waals surface area contributed by atoms with E-state index in [2.05, 4.69) is 17.1 Å². The van der Waals surface area contributed by atoms with Crippen LogP contribution in [0.1, 0.15) is 19.8 Å². The number of sulfonamides is 1. The molecule has 0 aliphatic carbocycles. The summed E-state index contributed by atoms with van der Waals surface area (Å²) in [6, 6.07) is 4.52. The Bertz CT molecular complexity index is 861. The van der Waals surface area contributed by atoms with Crippen LogP contribution in [0.3, 0.4) is 0 Å². The minimum atomic E-state index is -3.74. The zero-order valence-corrected chi connectivity index (χ0v) is 14.6. The predicted molar refractivity (Wildman–Crippen MR) is 88.9 cm³/mol. The third-order valence-corrected chi connectivity index (χ3v) is 6.07. The first-order chi connectivity index (χ1) is 11.8. The van der Waals surface area contributed by atoms with Crippen LogP contribution in [0.15, 0.2) is 51.1 Å². The van der Waals surface area contributed by atoms with Crippen LogP contribution >= 0.6 is 0 Å². The molecule has 3 heterocycles. The third kappa shape index (κ3) is 3.52. The maximum atomic E-state index is 12.7. The lowest BCUT2D eigenvalue weighted by Crippen LogP contribution is -2.53. The average molecular weight is 365 g/mol. The molecule has 134 valence electrons. The predicted octanol–water partition coefficient (Wildman–Crippen LogP) is 1.78. The van der Waals surface area contributed by atoms with E-state index in [-0.39, 0.29) is 24.1 Å². The molecule has 2 aromatic rings. The van der Waals surface area contributed by atoms with Gasteiger partial charge in [-0.05, 0) is 38.0 Å². The number of carbonyl (C=O) groups is 1. The molecular formula is C16H19N3O5S. The number of aromatic nitrogens is 1. The Morgan fingerprint density at radius 3 is 2.64 bits per heavy atom. The molecule has 8 nitrogen and oxygen atoms in total. The fourth-order valence-corrected chi connectivity index (χ4v) is 4.11. The Hall–Kier alpha value is -2.39. The first-order valence-corrected chi connectivity index (χ1v) is 9.24. The molecule has 0 atom stereocenters. The van der Waals surface area contributed by atoms with Crippen molar-refractivity contribution < 1.29 is 22.2 Å². The van der Waals surface area contributed by atoms with Crippen molar-refractivity contribution in [3.63, 3.8) is 0 Å². The van der Waals surface area contributed by atoms with Crippen LogP contribution in [-0.2, 0) is 14.8 Å².